The third-order valence-electron chi connectivity index (χ3n) is 2.25. The molecule has 0 aliphatic carbocycles. The van der Waals surface area contributed by atoms with Crippen molar-refractivity contribution in [2.75, 3.05) is 0 Å². The second-order valence-corrected chi connectivity index (χ2v) is 5.40. The average Bonchev–Trinajstić information content (AvgIpc) is 2.18. The van der Waals surface area contributed by atoms with Crippen molar-refractivity contribution in [2.45, 2.75) is 37.7 Å². The number of thioether (sulfide) groups is 1. The molecule has 0 aliphatic heterocycles. The average molecular weight is 247 g/mol. The molecular weight excluding hydrogens is 232 g/mol. The van der Waals surface area contributed by atoms with Crippen molar-refractivity contribution in [1.82, 2.24) is 9.97 Å². The van der Waals surface area contributed by atoms with Crippen LogP contribution in [0.15, 0.2) is 11.4 Å². The van der Waals surface area contributed by atoms with E-state index in [1.807, 2.05) is 0 Å². The summed E-state index contributed by atoms with van der Waals surface area (Å²) in [6.07, 6.45) is 1.43. The minimum Gasteiger partial charge on any atom is -0.391 e. The van der Waals surface area contributed by atoms with Crippen molar-refractivity contribution < 1.29 is 5.11 Å². The van der Waals surface area contributed by atoms with E-state index in [4.69, 9.17) is 11.6 Å². The van der Waals surface area contributed by atoms with E-state index < -0.39 is 0 Å². The van der Waals surface area contributed by atoms with Gasteiger partial charge in [-0.25, -0.2) is 9.97 Å². The largest absolute Gasteiger partial charge is 0.391 e. The summed E-state index contributed by atoms with van der Waals surface area (Å²) in [5.41, 5.74) is 0.622. The molecule has 1 aromatic rings. The van der Waals surface area contributed by atoms with Crippen LogP contribution in [-0.2, 0) is 6.61 Å². The van der Waals surface area contributed by atoms with Gasteiger partial charge in [-0.2, -0.15) is 0 Å². The maximum absolute atomic E-state index is 9.17. The van der Waals surface area contributed by atoms with Crippen molar-refractivity contribution in [3.63, 3.8) is 0 Å². The summed E-state index contributed by atoms with van der Waals surface area (Å²) in [4.78, 5) is 7.98. The van der Waals surface area contributed by atoms with Crippen LogP contribution in [0.5, 0.6) is 0 Å². The van der Waals surface area contributed by atoms with Crippen LogP contribution < -0.4 is 0 Å². The van der Waals surface area contributed by atoms with Gasteiger partial charge in [-0.15, -0.1) is 11.8 Å². The number of aliphatic hydroxyl groups excluding tert-OH is 1. The highest BCUT2D eigenvalue weighted by molar-refractivity contribution is 7.99. The van der Waals surface area contributed by atoms with Crippen LogP contribution in [0.1, 0.15) is 26.3 Å². The number of hydrogen-bond acceptors (Lipinski definition) is 4. The standard InChI is InChI=1S/C10H15ClN2OS/c1-6(2)7(3)15-10-8(4-14)9(11)12-5-13-10/h5-7,14H,4H2,1-3H3. The molecule has 15 heavy (non-hydrogen) atoms. The predicted molar refractivity (Wildman–Crippen MR) is 63.1 cm³/mol. The van der Waals surface area contributed by atoms with E-state index in [2.05, 4.69) is 30.7 Å². The Kier molecular flexibility index (Phi) is 4.83. The zero-order chi connectivity index (χ0) is 11.4. The fraction of sp³-hybridized carbons (Fsp3) is 0.600. The number of halogens is 1. The van der Waals surface area contributed by atoms with E-state index in [1.54, 1.807) is 11.8 Å². The summed E-state index contributed by atoms with van der Waals surface area (Å²) in [7, 11) is 0. The van der Waals surface area contributed by atoms with Crippen molar-refractivity contribution in [3.05, 3.63) is 17.0 Å². The minimum absolute atomic E-state index is 0.118. The van der Waals surface area contributed by atoms with E-state index >= 15 is 0 Å². The van der Waals surface area contributed by atoms with E-state index in [1.165, 1.54) is 6.33 Å². The molecule has 0 aromatic carbocycles. The molecule has 3 nitrogen and oxygen atoms in total. The predicted octanol–water partition coefficient (Wildman–Crippen LogP) is 2.76. The fourth-order valence-electron chi connectivity index (χ4n) is 0.923. The second kappa shape index (κ2) is 5.68. The van der Waals surface area contributed by atoms with Crippen molar-refractivity contribution in [1.29, 1.82) is 0 Å². The lowest BCUT2D eigenvalue weighted by molar-refractivity contribution is 0.277. The molecule has 0 spiro atoms. The lowest BCUT2D eigenvalue weighted by Crippen LogP contribution is -2.07. The molecule has 0 fully saturated rings. The Hall–Kier alpha value is -0.320. The Labute approximate surface area is 99.3 Å². The molecule has 0 bridgehead atoms. The maximum atomic E-state index is 9.17. The van der Waals surface area contributed by atoms with Gasteiger partial charge in [-0.05, 0) is 5.92 Å². The van der Waals surface area contributed by atoms with Crippen LogP contribution in [0, 0.1) is 5.92 Å². The van der Waals surface area contributed by atoms with E-state index in [9.17, 15) is 5.11 Å². The highest BCUT2D eigenvalue weighted by Crippen LogP contribution is 2.30. The number of rotatable bonds is 4. The summed E-state index contributed by atoms with van der Waals surface area (Å²) in [6.45, 7) is 6.32. The van der Waals surface area contributed by atoms with Crippen LogP contribution in [0.4, 0.5) is 0 Å². The molecular formula is C10H15ClN2OS. The third-order valence-corrected chi connectivity index (χ3v) is 4.06. The second-order valence-electron chi connectivity index (χ2n) is 3.67. The van der Waals surface area contributed by atoms with Crippen LogP contribution in [0.25, 0.3) is 0 Å². The van der Waals surface area contributed by atoms with Gasteiger partial charge in [0, 0.05) is 10.8 Å². The molecule has 0 aliphatic rings. The molecule has 84 valence electrons. The smallest absolute Gasteiger partial charge is 0.139 e. The highest BCUT2D eigenvalue weighted by Gasteiger charge is 2.15. The highest BCUT2D eigenvalue weighted by atomic mass is 35.5. The molecule has 1 heterocycles. The Balaban J connectivity index is 2.89. The first kappa shape index (κ1) is 12.7. The SMILES string of the molecule is CC(C)C(C)Sc1ncnc(Cl)c1CO. The van der Waals surface area contributed by atoms with Crippen LogP contribution in [0.3, 0.4) is 0 Å². The first-order chi connectivity index (χ1) is 7.06. The molecule has 0 amide bonds. The quantitative estimate of drug-likeness (QED) is 0.656. The van der Waals surface area contributed by atoms with Gasteiger partial charge in [0.05, 0.1) is 6.61 Å². The summed E-state index contributed by atoms with van der Waals surface area (Å²) in [5, 5.41) is 10.7. The lowest BCUT2D eigenvalue weighted by atomic mass is 10.2. The van der Waals surface area contributed by atoms with E-state index in [0.29, 0.717) is 21.9 Å². The molecule has 1 aromatic heterocycles. The van der Waals surface area contributed by atoms with Crippen molar-refractivity contribution >= 4 is 23.4 Å². The summed E-state index contributed by atoms with van der Waals surface area (Å²) >= 11 is 7.49. The fourth-order valence-corrected chi connectivity index (χ4v) is 2.21. The number of aliphatic hydroxyl groups is 1. The van der Waals surface area contributed by atoms with Gasteiger partial charge in [-0.1, -0.05) is 32.4 Å². The van der Waals surface area contributed by atoms with Gasteiger partial charge in [-0.3, -0.25) is 0 Å². The number of aromatic nitrogens is 2. The van der Waals surface area contributed by atoms with E-state index in [-0.39, 0.29) is 6.61 Å². The molecule has 0 radical (unpaired) electrons. The van der Waals surface area contributed by atoms with Gasteiger partial charge in [0.15, 0.2) is 0 Å². The molecule has 1 rings (SSSR count). The maximum Gasteiger partial charge on any atom is 0.139 e. The minimum atomic E-state index is -0.118. The van der Waals surface area contributed by atoms with Gasteiger partial charge >= 0.3 is 0 Å². The van der Waals surface area contributed by atoms with Crippen molar-refractivity contribution in [3.8, 4) is 0 Å². The Morgan fingerprint density at radius 1 is 1.40 bits per heavy atom. The Bertz CT molecular complexity index is 333. The van der Waals surface area contributed by atoms with Crippen LogP contribution in [0.2, 0.25) is 5.15 Å². The Morgan fingerprint density at radius 3 is 2.60 bits per heavy atom. The molecule has 0 saturated carbocycles. The molecule has 1 unspecified atom stereocenters. The number of hydrogen-bond donors (Lipinski definition) is 1. The lowest BCUT2D eigenvalue weighted by Gasteiger charge is -2.15. The van der Waals surface area contributed by atoms with Gasteiger partial charge in [0.25, 0.3) is 0 Å². The first-order valence-electron chi connectivity index (χ1n) is 4.83. The first-order valence-corrected chi connectivity index (χ1v) is 6.09. The van der Waals surface area contributed by atoms with Crippen molar-refractivity contribution in [2.24, 2.45) is 5.92 Å². The molecule has 1 atom stereocenters. The summed E-state index contributed by atoms with van der Waals surface area (Å²) in [6, 6.07) is 0. The van der Waals surface area contributed by atoms with Gasteiger partial charge < -0.3 is 5.11 Å². The third kappa shape index (κ3) is 3.33. The van der Waals surface area contributed by atoms with Gasteiger partial charge in [0.2, 0.25) is 0 Å². The summed E-state index contributed by atoms with van der Waals surface area (Å²) in [5.74, 6) is 0.551. The van der Waals surface area contributed by atoms with E-state index in [0.717, 1.165) is 5.03 Å². The zero-order valence-electron chi connectivity index (χ0n) is 9.07. The van der Waals surface area contributed by atoms with Crippen LogP contribution in [-0.4, -0.2) is 20.3 Å². The monoisotopic (exact) mass is 246 g/mol. The zero-order valence-corrected chi connectivity index (χ0v) is 10.6. The normalized spacial score (nSPS) is 13.2. The summed E-state index contributed by atoms with van der Waals surface area (Å²) < 4.78 is 0. The molecule has 0 saturated heterocycles. The molecule has 1 N–H and O–H groups in total. The van der Waals surface area contributed by atoms with Gasteiger partial charge in [0.1, 0.15) is 16.5 Å². The topological polar surface area (TPSA) is 46.0 Å². The van der Waals surface area contributed by atoms with Crippen LogP contribution >= 0.6 is 23.4 Å². The Morgan fingerprint density at radius 2 is 2.07 bits per heavy atom. The molecule has 5 heteroatoms. The number of nitrogens with zero attached hydrogens (tertiary/aromatic N) is 2.